The van der Waals surface area contributed by atoms with Crippen molar-refractivity contribution < 1.29 is 22.7 Å². The van der Waals surface area contributed by atoms with Gasteiger partial charge in [0.25, 0.3) is 0 Å². The number of ether oxygens (including phenoxy) is 1. The monoisotopic (exact) mass is 466 g/mol. The first-order valence-electron chi connectivity index (χ1n) is 9.19. The Bertz CT molecular complexity index is 1110. The molecule has 0 aliphatic carbocycles. The molecular formula is C20H22N2O5S3. The summed E-state index contributed by atoms with van der Waals surface area (Å²) in [5, 5.41) is 3.67. The summed E-state index contributed by atoms with van der Waals surface area (Å²) in [7, 11) is -3.62. The number of hydrogen-bond acceptors (Lipinski definition) is 7. The minimum absolute atomic E-state index is 0.0947. The number of Topliss-reactive ketones (excluding diaryl/α,β-unsaturated/α-hetero) is 1. The number of thiophene rings is 2. The molecule has 0 amide bonds. The highest BCUT2D eigenvalue weighted by Gasteiger charge is 2.19. The van der Waals surface area contributed by atoms with E-state index in [0.717, 1.165) is 22.7 Å². The van der Waals surface area contributed by atoms with Gasteiger partial charge in [-0.15, -0.1) is 22.7 Å². The first-order chi connectivity index (χ1) is 14.3. The predicted molar refractivity (Wildman–Crippen MR) is 117 cm³/mol. The van der Waals surface area contributed by atoms with Gasteiger partial charge < -0.3 is 9.30 Å². The number of aryl methyl sites for hydroxylation is 1. The number of esters is 1. The van der Waals surface area contributed by atoms with Crippen molar-refractivity contribution in [3.63, 3.8) is 0 Å². The summed E-state index contributed by atoms with van der Waals surface area (Å²) in [5.74, 6) is -0.919. The molecule has 0 atom stereocenters. The first kappa shape index (κ1) is 22.4. The Morgan fingerprint density at radius 1 is 1.13 bits per heavy atom. The maximum Gasteiger partial charge on any atom is 0.307 e. The van der Waals surface area contributed by atoms with Gasteiger partial charge in [0.15, 0.2) is 6.61 Å². The van der Waals surface area contributed by atoms with Gasteiger partial charge in [-0.3, -0.25) is 9.59 Å². The normalized spacial score (nSPS) is 11.5. The van der Waals surface area contributed by atoms with Crippen molar-refractivity contribution in [1.29, 1.82) is 0 Å². The van der Waals surface area contributed by atoms with Gasteiger partial charge in [-0.1, -0.05) is 12.1 Å². The van der Waals surface area contributed by atoms with Crippen LogP contribution in [0.1, 0.15) is 33.0 Å². The van der Waals surface area contributed by atoms with Gasteiger partial charge in [-0.25, -0.2) is 13.1 Å². The second-order valence-corrected chi connectivity index (χ2v) is 10.6. The highest BCUT2D eigenvalue weighted by atomic mass is 32.2. The lowest BCUT2D eigenvalue weighted by molar-refractivity contribution is -0.142. The lowest BCUT2D eigenvalue weighted by Gasteiger charge is -2.09. The van der Waals surface area contributed by atoms with Crippen molar-refractivity contribution in [3.8, 4) is 0 Å². The molecule has 3 aromatic heterocycles. The molecule has 0 saturated heterocycles. The maximum absolute atomic E-state index is 12.5. The SMILES string of the molecule is Cc1cc(C(=O)COC(=O)CCNS(=O)(=O)c2cccs2)c(C)n1Cc1cccs1. The van der Waals surface area contributed by atoms with Gasteiger partial charge in [0.1, 0.15) is 4.21 Å². The Labute approximate surface area is 183 Å². The van der Waals surface area contributed by atoms with E-state index in [4.69, 9.17) is 4.74 Å². The zero-order valence-electron chi connectivity index (χ0n) is 16.6. The topological polar surface area (TPSA) is 94.5 Å². The number of carbonyl (C=O) groups is 2. The first-order valence-corrected chi connectivity index (χ1v) is 12.4. The number of sulfonamides is 1. The number of hydrogen-bond donors (Lipinski definition) is 1. The van der Waals surface area contributed by atoms with Crippen LogP contribution in [-0.4, -0.2) is 37.9 Å². The average Bonchev–Trinajstić information content (AvgIpc) is 3.45. The van der Waals surface area contributed by atoms with Crippen LogP contribution in [0.3, 0.4) is 0 Å². The second kappa shape index (κ2) is 9.69. The molecule has 0 aliphatic rings. The molecule has 0 aromatic carbocycles. The number of aromatic nitrogens is 1. The number of rotatable bonds is 10. The van der Waals surface area contributed by atoms with Crippen LogP contribution in [0, 0.1) is 13.8 Å². The van der Waals surface area contributed by atoms with Crippen molar-refractivity contribution >= 4 is 44.4 Å². The predicted octanol–water partition coefficient (Wildman–Crippen LogP) is 3.37. The zero-order chi connectivity index (χ0) is 21.7. The van der Waals surface area contributed by atoms with E-state index in [1.807, 2.05) is 31.4 Å². The molecule has 0 unspecified atom stereocenters. The summed E-state index contributed by atoms with van der Waals surface area (Å²) < 4.78 is 33.6. The summed E-state index contributed by atoms with van der Waals surface area (Å²) in [6, 6.07) is 8.95. The Balaban J connectivity index is 1.50. The van der Waals surface area contributed by atoms with Gasteiger partial charge in [0, 0.05) is 28.4 Å². The number of ketones is 1. The van der Waals surface area contributed by atoms with E-state index in [1.54, 1.807) is 28.8 Å². The number of nitrogens with zero attached hydrogens (tertiary/aromatic N) is 1. The molecule has 0 bridgehead atoms. The fraction of sp³-hybridized carbons (Fsp3) is 0.300. The number of nitrogens with one attached hydrogen (secondary N) is 1. The van der Waals surface area contributed by atoms with Gasteiger partial charge in [0.2, 0.25) is 15.8 Å². The molecule has 0 aliphatic heterocycles. The quantitative estimate of drug-likeness (QED) is 0.365. The maximum atomic E-state index is 12.5. The summed E-state index contributed by atoms with van der Waals surface area (Å²) >= 11 is 2.75. The van der Waals surface area contributed by atoms with E-state index in [-0.39, 0.29) is 29.6 Å². The minimum Gasteiger partial charge on any atom is -0.457 e. The zero-order valence-corrected chi connectivity index (χ0v) is 19.0. The number of carbonyl (C=O) groups excluding carboxylic acids is 2. The summed E-state index contributed by atoms with van der Waals surface area (Å²) in [6.45, 7) is 4.02. The standard InChI is InChI=1S/C20H22N2O5S3/c1-14-11-17(15(2)22(14)12-16-5-3-9-28-16)18(23)13-27-19(24)7-8-21-30(25,26)20-6-4-10-29-20/h3-6,9-11,21H,7-8,12-13H2,1-2H3. The summed E-state index contributed by atoms with van der Waals surface area (Å²) in [5.41, 5.74) is 2.31. The lowest BCUT2D eigenvalue weighted by Crippen LogP contribution is -2.26. The third kappa shape index (κ3) is 5.45. The fourth-order valence-electron chi connectivity index (χ4n) is 2.96. The Morgan fingerprint density at radius 2 is 1.87 bits per heavy atom. The van der Waals surface area contributed by atoms with Crippen LogP contribution in [0.4, 0.5) is 0 Å². The molecule has 30 heavy (non-hydrogen) atoms. The third-order valence-electron chi connectivity index (χ3n) is 4.51. The van der Waals surface area contributed by atoms with Gasteiger partial charge in [-0.2, -0.15) is 0 Å². The van der Waals surface area contributed by atoms with E-state index in [0.29, 0.717) is 12.1 Å². The highest BCUT2D eigenvalue weighted by molar-refractivity contribution is 7.91. The molecule has 160 valence electrons. The second-order valence-electron chi connectivity index (χ2n) is 6.61. The van der Waals surface area contributed by atoms with Crippen LogP contribution < -0.4 is 4.72 Å². The minimum atomic E-state index is -3.62. The molecule has 0 spiro atoms. The van der Waals surface area contributed by atoms with Gasteiger partial charge >= 0.3 is 5.97 Å². The molecule has 1 N–H and O–H groups in total. The smallest absolute Gasteiger partial charge is 0.307 e. The Kier molecular flexibility index (Phi) is 7.24. The van der Waals surface area contributed by atoms with E-state index in [1.165, 1.54) is 10.9 Å². The fourth-order valence-corrected chi connectivity index (χ4v) is 5.72. The molecule has 10 heteroatoms. The largest absolute Gasteiger partial charge is 0.457 e. The lowest BCUT2D eigenvalue weighted by atomic mass is 10.1. The van der Waals surface area contributed by atoms with Crippen LogP contribution in [0.5, 0.6) is 0 Å². The van der Waals surface area contributed by atoms with Gasteiger partial charge in [0.05, 0.1) is 13.0 Å². The molecule has 3 rings (SSSR count). The van der Waals surface area contributed by atoms with E-state index >= 15 is 0 Å². The molecular weight excluding hydrogens is 444 g/mol. The average molecular weight is 467 g/mol. The van der Waals surface area contributed by atoms with Crippen molar-refractivity contribution in [2.45, 2.75) is 31.0 Å². The highest BCUT2D eigenvalue weighted by Crippen LogP contribution is 2.20. The third-order valence-corrected chi connectivity index (χ3v) is 8.23. The van der Waals surface area contributed by atoms with E-state index < -0.39 is 16.0 Å². The molecule has 3 aromatic rings. The molecule has 0 fully saturated rings. The van der Waals surface area contributed by atoms with Crippen molar-refractivity contribution in [1.82, 2.24) is 9.29 Å². The summed E-state index contributed by atoms with van der Waals surface area (Å²) in [6.07, 6.45) is -0.157. The molecule has 7 nitrogen and oxygen atoms in total. The van der Waals surface area contributed by atoms with E-state index in [2.05, 4.69) is 9.29 Å². The Hall–Kier alpha value is -2.27. The van der Waals surface area contributed by atoms with Crippen molar-refractivity contribution in [3.05, 3.63) is 62.9 Å². The van der Waals surface area contributed by atoms with Crippen LogP contribution >= 0.6 is 22.7 Å². The van der Waals surface area contributed by atoms with Gasteiger partial charge in [-0.05, 0) is 42.8 Å². The van der Waals surface area contributed by atoms with Crippen LogP contribution in [0.2, 0.25) is 0 Å². The van der Waals surface area contributed by atoms with Crippen LogP contribution in [0.25, 0.3) is 0 Å². The van der Waals surface area contributed by atoms with Crippen molar-refractivity contribution in [2.75, 3.05) is 13.2 Å². The Morgan fingerprint density at radius 3 is 2.53 bits per heavy atom. The molecule has 0 radical (unpaired) electrons. The summed E-state index contributed by atoms with van der Waals surface area (Å²) in [4.78, 5) is 25.6. The van der Waals surface area contributed by atoms with Crippen LogP contribution in [-0.2, 0) is 26.1 Å². The van der Waals surface area contributed by atoms with Crippen LogP contribution in [0.15, 0.2) is 45.3 Å². The molecule has 0 saturated carbocycles. The molecule has 3 heterocycles. The van der Waals surface area contributed by atoms with E-state index in [9.17, 15) is 18.0 Å². The van der Waals surface area contributed by atoms with Crippen molar-refractivity contribution in [2.24, 2.45) is 0 Å².